The Hall–Kier alpha value is -0.650. The molecule has 330 valence electrons. The standard InChI is InChI=1S/C50H101NO4/c1-3-5-7-9-11-13-15-17-19-21-22-23-24-25-26-27-29-30-32-34-36-38-40-42-44-48(53)50(55)47(46-52)51-49(54)45-43-41-39-37-35-33-31-28-20-18-16-14-12-10-8-6-4-2/h47-48,50,52-53,55H,3-46H2,1-2H3,(H,51,54). The second-order valence-electron chi connectivity index (χ2n) is 17.7. The minimum atomic E-state index is -1.13. The average Bonchev–Trinajstić information content (AvgIpc) is 3.19. The number of amides is 1. The summed E-state index contributed by atoms with van der Waals surface area (Å²) < 4.78 is 0. The molecular weight excluding hydrogens is 679 g/mol. The molecule has 0 rings (SSSR count). The van der Waals surface area contributed by atoms with Gasteiger partial charge in [-0.05, 0) is 12.8 Å². The van der Waals surface area contributed by atoms with Gasteiger partial charge in [0, 0.05) is 6.42 Å². The highest BCUT2D eigenvalue weighted by atomic mass is 16.3. The topological polar surface area (TPSA) is 89.8 Å². The Balaban J connectivity index is 3.52. The highest BCUT2D eigenvalue weighted by molar-refractivity contribution is 5.76. The van der Waals surface area contributed by atoms with E-state index in [1.807, 2.05) is 0 Å². The van der Waals surface area contributed by atoms with E-state index in [-0.39, 0.29) is 12.5 Å². The highest BCUT2D eigenvalue weighted by Gasteiger charge is 2.26. The van der Waals surface area contributed by atoms with Gasteiger partial charge in [-0.1, -0.05) is 271 Å². The summed E-state index contributed by atoms with van der Waals surface area (Å²) in [5, 5.41) is 33.7. The lowest BCUT2D eigenvalue weighted by Gasteiger charge is -2.26. The zero-order valence-electron chi connectivity index (χ0n) is 37.6. The molecule has 0 aromatic rings. The number of carbonyl (C=O) groups is 1. The molecule has 0 bridgehead atoms. The van der Waals surface area contributed by atoms with Crippen LogP contribution in [0, 0.1) is 0 Å². The van der Waals surface area contributed by atoms with Crippen molar-refractivity contribution < 1.29 is 20.1 Å². The molecule has 0 aliphatic heterocycles. The summed E-state index contributed by atoms with van der Waals surface area (Å²) >= 11 is 0. The molecule has 5 heteroatoms. The Morgan fingerprint density at radius 2 is 0.618 bits per heavy atom. The summed E-state index contributed by atoms with van der Waals surface area (Å²) in [5.74, 6) is -0.138. The molecule has 0 heterocycles. The van der Waals surface area contributed by atoms with Crippen LogP contribution >= 0.6 is 0 Å². The fourth-order valence-electron chi connectivity index (χ4n) is 8.28. The predicted molar refractivity (Wildman–Crippen MR) is 241 cm³/mol. The molecule has 4 N–H and O–H groups in total. The molecular formula is C50H101NO4. The smallest absolute Gasteiger partial charge is 0.220 e. The summed E-state index contributed by atoms with van der Waals surface area (Å²) in [6, 6.07) is -0.803. The van der Waals surface area contributed by atoms with Crippen LogP contribution in [0.5, 0.6) is 0 Å². The highest BCUT2D eigenvalue weighted by Crippen LogP contribution is 2.18. The van der Waals surface area contributed by atoms with Crippen molar-refractivity contribution >= 4 is 5.91 Å². The number of aliphatic hydroxyl groups is 3. The fraction of sp³-hybridized carbons (Fsp3) is 0.980. The molecule has 0 saturated carbocycles. The van der Waals surface area contributed by atoms with Crippen molar-refractivity contribution in [1.29, 1.82) is 0 Å². The first-order chi connectivity index (χ1) is 27.1. The summed E-state index contributed by atoms with van der Waals surface area (Å²) in [6.45, 7) is 4.21. The van der Waals surface area contributed by atoms with Gasteiger partial charge in [0.25, 0.3) is 0 Å². The number of unbranched alkanes of at least 4 members (excludes halogenated alkanes) is 39. The van der Waals surface area contributed by atoms with Crippen LogP contribution in [0.3, 0.4) is 0 Å². The summed E-state index contributed by atoms with van der Waals surface area (Å²) in [4.78, 5) is 12.5. The van der Waals surface area contributed by atoms with E-state index in [1.54, 1.807) is 0 Å². The average molecular weight is 780 g/mol. The summed E-state index contributed by atoms with van der Waals surface area (Å²) in [7, 11) is 0. The van der Waals surface area contributed by atoms with Crippen LogP contribution in [0.25, 0.3) is 0 Å². The maximum absolute atomic E-state index is 12.5. The Bertz CT molecular complexity index is 733. The van der Waals surface area contributed by atoms with E-state index in [9.17, 15) is 20.1 Å². The third-order valence-electron chi connectivity index (χ3n) is 12.2. The van der Waals surface area contributed by atoms with Crippen molar-refractivity contribution in [2.45, 2.75) is 308 Å². The fourth-order valence-corrected chi connectivity index (χ4v) is 8.28. The van der Waals surface area contributed by atoms with E-state index in [0.717, 1.165) is 32.1 Å². The van der Waals surface area contributed by atoms with Gasteiger partial charge in [0.05, 0.1) is 18.8 Å². The lowest BCUT2D eigenvalue weighted by atomic mass is 9.99. The molecule has 0 aliphatic carbocycles. The SMILES string of the molecule is CCCCCCCCCCCCCCCCCCCCCCCCCCC(O)C(O)C(CO)NC(=O)CCCCCCCCCCCCCCCCCCC. The number of hydrogen-bond donors (Lipinski definition) is 4. The number of aliphatic hydroxyl groups excluding tert-OH is 3. The van der Waals surface area contributed by atoms with Gasteiger partial charge in [-0.2, -0.15) is 0 Å². The van der Waals surface area contributed by atoms with Crippen LogP contribution in [0.1, 0.15) is 290 Å². The molecule has 0 fully saturated rings. The first-order valence-corrected chi connectivity index (χ1v) is 25.3. The van der Waals surface area contributed by atoms with Crippen LogP contribution in [-0.4, -0.2) is 46.1 Å². The number of rotatable bonds is 47. The Morgan fingerprint density at radius 1 is 0.382 bits per heavy atom. The second kappa shape index (κ2) is 46.0. The third-order valence-corrected chi connectivity index (χ3v) is 12.2. The van der Waals surface area contributed by atoms with Gasteiger partial charge in [0.2, 0.25) is 5.91 Å². The Labute approximate surface area is 345 Å². The molecule has 0 aromatic carbocycles. The summed E-state index contributed by atoms with van der Waals surface area (Å²) in [5.41, 5.74) is 0. The van der Waals surface area contributed by atoms with E-state index < -0.39 is 18.2 Å². The maximum Gasteiger partial charge on any atom is 0.220 e. The maximum atomic E-state index is 12.5. The molecule has 0 radical (unpaired) electrons. The van der Waals surface area contributed by atoms with Crippen LogP contribution in [-0.2, 0) is 4.79 Å². The molecule has 55 heavy (non-hydrogen) atoms. The lowest BCUT2D eigenvalue weighted by molar-refractivity contribution is -0.124. The van der Waals surface area contributed by atoms with Gasteiger partial charge in [-0.25, -0.2) is 0 Å². The van der Waals surface area contributed by atoms with Crippen LogP contribution in [0.2, 0.25) is 0 Å². The molecule has 0 saturated heterocycles. The summed E-state index contributed by atoms with van der Waals surface area (Å²) in [6.07, 6.45) is 53.7. The first-order valence-electron chi connectivity index (χ1n) is 25.3. The van der Waals surface area contributed by atoms with Gasteiger partial charge in [-0.3, -0.25) is 4.79 Å². The van der Waals surface area contributed by atoms with Crippen LogP contribution in [0.15, 0.2) is 0 Å². The quantitative estimate of drug-likeness (QED) is 0.0463. The van der Waals surface area contributed by atoms with E-state index >= 15 is 0 Å². The normalized spacial score (nSPS) is 13.3. The van der Waals surface area contributed by atoms with Gasteiger partial charge >= 0.3 is 0 Å². The third kappa shape index (κ3) is 41.3. The molecule has 3 unspecified atom stereocenters. The number of hydrogen-bond acceptors (Lipinski definition) is 4. The van der Waals surface area contributed by atoms with Gasteiger partial charge < -0.3 is 20.6 Å². The van der Waals surface area contributed by atoms with E-state index in [0.29, 0.717) is 12.8 Å². The van der Waals surface area contributed by atoms with E-state index in [4.69, 9.17) is 0 Å². The minimum Gasteiger partial charge on any atom is -0.394 e. The van der Waals surface area contributed by atoms with Crippen molar-refractivity contribution in [3.63, 3.8) is 0 Å². The van der Waals surface area contributed by atoms with E-state index in [1.165, 1.54) is 231 Å². The first kappa shape index (κ1) is 54.3. The van der Waals surface area contributed by atoms with Crippen molar-refractivity contribution in [3.8, 4) is 0 Å². The van der Waals surface area contributed by atoms with Crippen molar-refractivity contribution in [2.75, 3.05) is 6.61 Å². The van der Waals surface area contributed by atoms with E-state index in [2.05, 4.69) is 19.2 Å². The van der Waals surface area contributed by atoms with Gasteiger partial charge in [0.15, 0.2) is 0 Å². The molecule has 0 spiro atoms. The molecule has 1 amide bonds. The molecule has 0 aliphatic rings. The largest absolute Gasteiger partial charge is 0.394 e. The molecule has 5 nitrogen and oxygen atoms in total. The van der Waals surface area contributed by atoms with Crippen molar-refractivity contribution in [1.82, 2.24) is 5.32 Å². The molecule has 3 atom stereocenters. The number of nitrogens with one attached hydrogen (secondary N) is 1. The molecule has 0 aromatic heterocycles. The zero-order chi connectivity index (χ0) is 40.1. The van der Waals surface area contributed by atoms with Gasteiger partial charge in [-0.15, -0.1) is 0 Å². The minimum absolute atomic E-state index is 0.138. The van der Waals surface area contributed by atoms with Crippen molar-refractivity contribution in [2.24, 2.45) is 0 Å². The lowest BCUT2D eigenvalue weighted by Crippen LogP contribution is -2.50. The Kier molecular flexibility index (Phi) is 45.5. The monoisotopic (exact) mass is 780 g/mol. The van der Waals surface area contributed by atoms with Gasteiger partial charge in [0.1, 0.15) is 6.10 Å². The zero-order valence-corrected chi connectivity index (χ0v) is 37.6. The van der Waals surface area contributed by atoms with Crippen molar-refractivity contribution in [3.05, 3.63) is 0 Å². The number of carbonyl (C=O) groups excluding carboxylic acids is 1. The predicted octanol–water partition coefficient (Wildman–Crippen LogP) is 15.0. The second-order valence-corrected chi connectivity index (χ2v) is 17.7. The van der Waals surface area contributed by atoms with Crippen LogP contribution in [0.4, 0.5) is 0 Å². The Morgan fingerprint density at radius 3 is 0.873 bits per heavy atom. The van der Waals surface area contributed by atoms with Crippen LogP contribution < -0.4 is 5.32 Å².